The fourth-order valence-corrected chi connectivity index (χ4v) is 1.24. The van der Waals surface area contributed by atoms with E-state index < -0.39 is 0 Å². The number of benzene rings is 1. The van der Waals surface area contributed by atoms with Crippen LogP contribution in [0.15, 0.2) is 24.3 Å². The van der Waals surface area contributed by atoms with Gasteiger partial charge in [0.2, 0.25) is 6.29 Å². The molecule has 4 heteroatoms. The summed E-state index contributed by atoms with van der Waals surface area (Å²) < 4.78 is 15.1. The van der Waals surface area contributed by atoms with E-state index in [-0.39, 0.29) is 12.3 Å². The molecule has 1 unspecified atom stereocenters. The van der Waals surface area contributed by atoms with Crippen LogP contribution in [-0.4, -0.2) is 26.0 Å². The Kier molecular flexibility index (Phi) is 2.87. The van der Waals surface area contributed by atoms with Gasteiger partial charge in [-0.2, -0.15) is 0 Å². The van der Waals surface area contributed by atoms with Crippen molar-refractivity contribution in [1.29, 1.82) is 0 Å². The van der Waals surface area contributed by atoms with E-state index in [2.05, 4.69) is 0 Å². The first kappa shape index (κ1) is 9.98. The van der Waals surface area contributed by atoms with Gasteiger partial charge in [0, 0.05) is 6.42 Å². The van der Waals surface area contributed by atoms with Crippen molar-refractivity contribution in [3.05, 3.63) is 29.8 Å². The monoisotopic (exact) mass is 208 g/mol. The van der Waals surface area contributed by atoms with Crippen molar-refractivity contribution in [2.75, 3.05) is 13.7 Å². The molecule has 0 amide bonds. The molecule has 0 aliphatic carbocycles. The Morgan fingerprint density at radius 2 is 2.33 bits per heavy atom. The second kappa shape index (κ2) is 4.31. The second-order valence-electron chi connectivity index (χ2n) is 3.23. The zero-order valence-electron chi connectivity index (χ0n) is 8.43. The highest BCUT2D eigenvalue weighted by atomic mass is 16.7. The number of carbonyl (C=O) groups is 1. The van der Waals surface area contributed by atoms with Crippen LogP contribution < -0.4 is 4.74 Å². The van der Waals surface area contributed by atoms with Crippen LogP contribution in [0, 0.1) is 0 Å². The van der Waals surface area contributed by atoms with Gasteiger partial charge in [-0.25, -0.2) is 4.79 Å². The molecule has 1 aromatic carbocycles. The first-order valence-corrected chi connectivity index (χ1v) is 4.76. The molecule has 0 bridgehead atoms. The standard InChI is InChI=1S/C11H12O4/c1-13-9-4-2-3-8(7-9)11(12)15-10-5-6-14-10/h2-4,7,10H,5-6H2,1H3. The average Bonchev–Trinajstić information content (AvgIpc) is 2.23. The maximum atomic E-state index is 11.6. The molecule has 1 atom stereocenters. The zero-order valence-corrected chi connectivity index (χ0v) is 8.43. The van der Waals surface area contributed by atoms with Gasteiger partial charge < -0.3 is 14.2 Å². The third-order valence-corrected chi connectivity index (χ3v) is 2.20. The van der Waals surface area contributed by atoms with E-state index in [1.807, 2.05) is 0 Å². The van der Waals surface area contributed by atoms with Crippen molar-refractivity contribution in [1.82, 2.24) is 0 Å². The fraction of sp³-hybridized carbons (Fsp3) is 0.364. The Bertz CT molecular complexity index is 357. The Hall–Kier alpha value is -1.55. The smallest absolute Gasteiger partial charge is 0.340 e. The third kappa shape index (κ3) is 2.27. The van der Waals surface area contributed by atoms with Crippen LogP contribution in [-0.2, 0) is 9.47 Å². The molecule has 0 spiro atoms. The Labute approximate surface area is 87.8 Å². The first-order chi connectivity index (χ1) is 7.29. The number of ether oxygens (including phenoxy) is 3. The maximum absolute atomic E-state index is 11.6. The number of hydrogen-bond acceptors (Lipinski definition) is 4. The van der Waals surface area contributed by atoms with E-state index in [9.17, 15) is 4.79 Å². The highest BCUT2D eigenvalue weighted by Crippen LogP contribution is 2.17. The van der Waals surface area contributed by atoms with Crippen molar-refractivity contribution in [3.8, 4) is 5.75 Å². The molecule has 1 saturated heterocycles. The minimum atomic E-state index is -0.376. The Morgan fingerprint density at radius 3 is 2.93 bits per heavy atom. The van der Waals surface area contributed by atoms with Gasteiger partial charge >= 0.3 is 5.97 Å². The van der Waals surface area contributed by atoms with E-state index in [4.69, 9.17) is 14.2 Å². The molecule has 1 aromatic rings. The van der Waals surface area contributed by atoms with Crippen LogP contribution in [0.5, 0.6) is 5.75 Å². The second-order valence-corrected chi connectivity index (χ2v) is 3.23. The van der Waals surface area contributed by atoms with Gasteiger partial charge in [-0.15, -0.1) is 0 Å². The predicted molar refractivity (Wildman–Crippen MR) is 52.8 cm³/mol. The lowest BCUT2D eigenvalue weighted by Crippen LogP contribution is -2.31. The fourth-order valence-electron chi connectivity index (χ4n) is 1.24. The van der Waals surface area contributed by atoms with Gasteiger partial charge in [0.05, 0.1) is 19.3 Å². The maximum Gasteiger partial charge on any atom is 0.340 e. The first-order valence-electron chi connectivity index (χ1n) is 4.76. The van der Waals surface area contributed by atoms with Crippen LogP contribution in [0.2, 0.25) is 0 Å². The van der Waals surface area contributed by atoms with Crippen molar-refractivity contribution in [3.63, 3.8) is 0 Å². The van der Waals surface area contributed by atoms with Crippen LogP contribution in [0.25, 0.3) is 0 Å². The van der Waals surface area contributed by atoms with Crippen LogP contribution >= 0.6 is 0 Å². The highest BCUT2D eigenvalue weighted by Gasteiger charge is 2.23. The number of carbonyl (C=O) groups excluding carboxylic acids is 1. The summed E-state index contributed by atoms with van der Waals surface area (Å²) >= 11 is 0. The minimum Gasteiger partial charge on any atom is -0.497 e. The summed E-state index contributed by atoms with van der Waals surface area (Å²) in [6, 6.07) is 6.85. The van der Waals surface area contributed by atoms with E-state index >= 15 is 0 Å². The molecule has 4 nitrogen and oxygen atoms in total. The Balaban J connectivity index is 2.03. The van der Waals surface area contributed by atoms with E-state index in [0.717, 1.165) is 6.42 Å². The van der Waals surface area contributed by atoms with Crippen molar-refractivity contribution >= 4 is 5.97 Å². The quantitative estimate of drug-likeness (QED) is 0.708. The Morgan fingerprint density at radius 1 is 1.53 bits per heavy atom. The van der Waals surface area contributed by atoms with E-state index in [1.165, 1.54) is 0 Å². The average molecular weight is 208 g/mol. The number of esters is 1. The summed E-state index contributed by atoms with van der Waals surface area (Å²) in [6.07, 6.45) is 0.402. The third-order valence-electron chi connectivity index (χ3n) is 2.20. The SMILES string of the molecule is COc1cccc(C(=O)OC2CCO2)c1. The summed E-state index contributed by atoms with van der Waals surface area (Å²) in [7, 11) is 1.56. The minimum absolute atomic E-state index is 0.372. The van der Waals surface area contributed by atoms with Crippen molar-refractivity contribution < 1.29 is 19.0 Å². The summed E-state index contributed by atoms with van der Waals surface area (Å²) in [4.78, 5) is 11.6. The molecule has 1 fully saturated rings. The molecule has 0 saturated carbocycles. The summed E-state index contributed by atoms with van der Waals surface area (Å²) in [6.45, 7) is 0.663. The van der Waals surface area contributed by atoms with Crippen LogP contribution in [0.4, 0.5) is 0 Å². The molecule has 1 aliphatic rings. The lowest BCUT2D eigenvalue weighted by Gasteiger charge is -2.25. The predicted octanol–water partition coefficient (Wildman–Crippen LogP) is 1.60. The lowest BCUT2D eigenvalue weighted by molar-refractivity contribution is -0.184. The largest absolute Gasteiger partial charge is 0.497 e. The van der Waals surface area contributed by atoms with Crippen LogP contribution in [0.1, 0.15) is 16.8 Å². The van der Waals surface area contributed by atoms with Crippen molar-refractivity contribution in [2.45, 2.75) is 12.7 Å². The zero-order chi connectivity index (χ0) is 10.7. The van der Waals surface area contributed by atoms with Gasteiger partial charge in [0.25, 0.3) is 0 Å². The number of rotatable bonds is 3. The van der Waals surface area contributed by atoms with Gasteiger partial charge in [0.15, 0.2) is 0 Å². The van der Waals surface area contributed by atoms with Gasteiger partial charge in [-0.05, 0) is 18.2 Å². The van der Waals surface area contributed by atoms with E-state index in [1.54, 1.807) is 31.4 Å². The topological polar surface area (TPSA) is 44.8 Å². The van der Waals surface area contributed by atoms with Gasteiger partial charge in [0.1, 0.15) is 5.75 Å². The highest BCUT2D eigenvalue weighted by molar-refractivity contribution is 5.89. The molecule has 15 heavy (non-hydrogen) atoms. The molecular formula is C11H12O4. The van der Waals surface area contributed by atoms with Gasteiger partial charge in [-0.3, -0.25) is 0 Å². The normalized spacial score (nSPS) is 19.1. The molecule has 80 valence electrons. The summed E-state index contributed by atoms with van der Waals surface area (Å²) in [5, 5.41) is 0. The molecule has 0 aromatic heterocycles. The molecule has 1 heterocycles. The molecule has 0 radical (unpaired) electrons. The summed E-state index contributed by atoms with van der Waals surface area (Å²) in [5.41, 5.74) is 0.477. The van der Waals surface area contributed by atoms with E-state index in [0.29, 0.717) is 17.9 Å². The number of methoxy groups -OCH3 is 1. The lowest BCUT2D eigenvalue weighted by atomic mass is 10.2. The molecule has 2 rings (SSSR count). The molecule has 0 N–H and O–H groups in total. The van der Waals surface area contributed by atoms with Gasteiger partial charge in [-0.1, -0.05) is 6.07 Å². The van der Waals surface area contributed by atoms with Crippen LogP contribution in [0.3, 0.4) is 0 Å². The summed E-state index contributed by atoms with van der Waals surface area (Å²) in [5.74, 6) is 0.262. The van der Waals surface area contributed by atoms with Crippen molar-refractivity contribution in [2.24, 2.45) is 0 Å². The number of hydrogen-bond donors (Lipinski definition) is 0. The molecule has 1 aliphatic heterocycles. The molecular weight excluding hydrogens is 196 g/mol.